The van der Waals surface area contributed by atoms with E-state index in [1.807, 2.05) is 0 Å². The zero-order valence-corrected chi connectivity index (χ0v) is 20.3. The fourth-order valence-corrected chi connectivity index (χ4v) is 4.56. The lowest BCUT2D eigenvalue weighted by Gasteiger charge is -2.29. The van der Waals surface area contributed by atoms with Crippen LogP contribution in [0.1, 0.15) is 40.4 Å². The maximum Gasteiger partial charge on any atom is 0.263 e. The van der Waals surface area contributed by atoms with Crippen molar-refractivity contribution in [2.75, 3.05) is 25.6 Å². The van der Waals surface area contributed by atoms with Gasteiger partial charge in [-0.1, -0.05) is 24.3 Å². The highest BCUT2D eigenvalue weighted by molar-refractivity contribution is 7.14. The van der Waals surface area contributed by atoms with Crippen molar-refractivity contribution in [3.63, 3.8) is 0 Å². The van der Waals surface area contributed by atoms with Gasteiger partial charge in [0.05, 0.1) is 25.5 Å². The number of benzene rings is 2. The topological polar surface area (TPSA) is 89.5 Å². The van der Waals surface area contributed by atoms with E-state index in [-0.39, 0.29) is 36.1 Å². The number of hydrogen-bond donors (Lipinski definition) is 2. The lowest BCUT2D eigenvalue weighted by molar-refractivity contribution is -0.119. The molecule has 36 heavy (non-hydrogen) atoms. The Bertz CT molecular complexity index is 1260. The van der Waals surface area contributed by atoms with Crippen molar-refractivity contribution in [3.8, 4) is 11.3 Å². The van der Waals surface area contributed by atoms with E-state index in [9.17, 15) is 22.8 Å². The number of anilines is 1. The van der Waals surface area contributed by atoms with Crippen LogP contribution in [-0.4, -0.2) is 43.2 Å². The molecule has 0 spiro atoms. The average molecular weight is 520 g/mol. The van der Waals surface area contributed by atoms with Crippen LogP contribution in [0, 0.1) is 0 Å². The van der Waals surface area contributed by atoms with Crippen LogP contribution in [0.2, 0.25) is 0 Å². The summed E-state index contributed by atoms with van der Waals surface area (Å²) in [5.74, 6) is -1.14. The Morgan fingerprint density at radius 3 is 2.81 bits per heavy atom. The summed E-state index contributed by atoms with van der Waals surface area (Å²) in [6, 6.07) is 9.40. The Kier molecular flexibility index (Phi) is 7.72. The molecule has 4 rings (SSSR count). The maximum absolute atomic E-state index is 14.9. The lowest BCUT2D eigenvalue weighted by atomic mass is 9.90. The number of nitrogens with one attached hydrogen (secondary N) is 2. The Morgan fingerprint density at radius 1 is 1.25 bits per heavy atom. The number of ether oxygens (including phenoxy) is 2. The first-order chi connectivity index (χ1) is 17.2. The first-order valence-corrected chi connectivity index (χ1v) is 11.9. The van der Waals surface area contributed by atoms with E-state index >= 15 is 0 Å². The third-order valence-electron chi connectivity index (χ3n) is 5.69. The molecule has 2 atom stereocenters. The Hall–Kier alpha value is -3.28. The van der Waals surface area contributed by atoms with E-state index in [1.54, 1.807) is 23.6 Å². The number of amides is 2. The summed E-state index contributed by atoms with van der Waals surface area (Å²) in [5.41, 5.74) is 0.292. The zero-order chi connectivity index (χ0) is 25.9. The van der Waals surface area contributed by atoms with Crippen molar-refractivity contribution in [3.05, 3.63) is 70.1 Å². The summed E-state index contributed by atoms with van der Waals surface area (Å²) < 4.78 is 51.2. The van der Waals surface area contributed by atoms with Gasteiger partial charge in [0, 0.05) is 29.2 Å². The van der Waals surface area contributed by atoms with Gasteiger partial charge in [-0.15, -0.1) is 11.3 Å². The number of nitrogens with zero attached hydrogens (tertiary/aromatic N) is 1. The molecule has 0 saturated carbocycles. The van der Waals surface area contributed by atoms with Crippen molar-refractivity contribution in [2.45, 2.75) is 31.7 Å². The molecule has 0 radical (unpaired) electrons. The van der Waals surface area contributed by atoms with Crippen LogP contribution in [0.4, 0.5) is 18.3 Å². The van der Waals surface area contributed by atoms with Crippen LogP contribution in [0.5, 0.6) is 0 Å². The minimum absolute atomic E-state index is 0.109. The number of carbonyl (C=O) groups is 2. The quantitative estimate of drug-likeness (QED) is 0.444. The molecule has 0 saturated heterocycles. The SMILES string of the molecule is COC[C@H](NC(=O)c1ccc2c(c1)[C@](C)(F)COC2)C(=O)Nc1nc(-c2cccc(C(F)F)c2)cs1. The van der Waals surface area contributed by atoms with Crippen LogP contribution in [-0.2, 0) is 26.5 Å². The second kappa shape index (κ2) is 10.8. The fourth-order valence-electron chi connectivity index (χ4n) is 3.84. The highest BCUT2D eigenvalue weighted by Gasteiger charge is 2.33. The predicted molar refractivity (Wildman–Crippen MR) is 129 cm³/mol. The van der Waals surface area contributed by atoms with Gasteiger partial charge in [-0.2, -0.15) is 0 Å². The smallest absolute Gasteiger partial charge is 0.263 e. The molecule has 2 heterocycles. The van der Waals surface area contributed by atoms with E-state index in [0.29, 0.717) is 22.4 Å². The van der Waals surface area contributed by atoms with E-state index in [0.717, 1.165) is 11.3 Å². The second-order valence-electron chi connectivity index (χ2n) is 8.50. The number of thiazole rings is 1. The highest BCUT2D eigenvalue weighted by Crippen LogP contribution is 2.34. The van der Waals surface area contributed by atoms with Gasteiger partial charge in [-0.05, 0) is 36.2 Å². The van der Waals surface area contributed by atoms with Crippen LogP contribution < -0.4 is 10.6 Å². The monoisotopic (exact) mass is 519 g/mol. The van der Waals surface area contributed by atoms with E-state index < -0.39 is 30.0 Å². The molecule has 2 N–H and O–H groups in total. The largest absolute Gasteiger partial charge is 0.382 e. The van der Waals surface area contributed by atoms with Crippen molar-refractivity contribution in [1.29, 1.82) is 0 Å². The molecule has 11 heteroatoms. The molecule has 1 aliphatic heterocycles. The van der Waals surface area contributed by atoms with Crippen molar-refractivity contribution >= 4 is 28.3 Å². The van der Waals surface area contributed by atoms with Crippen LogP contribution in [0.15, 0.2) is 47.8 Å². The van der Waals surface area contributed by atoms with Gasteiger partial charge in [0.15, 0.2) is 10.8 Å². The molecule has 3 aromatic rings. The van der Waals surface area contributed by atoms with E-state index in [1.165, 1.54) is 38.3 Å². The Labute approximate surface area is 209 Å². The van der Waals surface area contributed by atoms with Crippen LogP contribution >= 0.6 is 11.3 Å². The molecule has 0 fully saturated rings. The van der Waals surface area contributed by atoms with Gasteiger partial charge >= 0.3 is 0 Å². The molecule has 1 aromatic heterocycles. The van der Waals surface area contributed by atoms with Gasteiger partial charge in [0.25, 0.3) is 18.2 Å². The van der Waals surface area contributed by atoms with Crippen molar-refractivity contribution < 1.29 is 32.2 Å². The maximum atomic E-state index is 14.9. The number of hydrogen-bond acceptors (Lipinski definition) is 6. The third kappa shape index (κ3) is 5.75. The predicted octanol–water partition coefficient (Wildman–Crippen LogP) is 4.85. The molecule has 1 aliphatic rings. The highest BCUT2D eigenvalue weighted by atomic mass is 32.1. The molecule has 7 nitrogen and oxygen atoms in total. The molecule has 190 valence electrons. The minimum Gasteiger partial charge on any atom is -0.382 e. The molecule has 2 aromatic carbocycles. The second-order valence-corrected chi connectivity index (χ2v) is 9.35. The molecular weight excluding hydrogens is 495 g/mol. The van der Waals surface area contributed by atoms with Gasteiger partial charge < -0.3 is 20.1 Å². The standard InChI is InChI=1S/C25H24F3N3O4S/c1-25(28)13-35-10-17-7-6-16(9-18(17)25)22(32)29-19(11-34-2)23(33)31-24-30-20(12-36-24)14-4-3-5-15(8-14)21(26)27/h3-9,12,19,21H,10-11,13H2,1-2H3,(H,29,32)(H,30,31,33)/t19-,25+/m0/s1. The van der Waals surface area contributed by atoms with Crippen molar-refractivity contribution in [2.24, 2.45) is 0 Å². The van der Waals surface area contributed by atoms with Gasteiger partial charge in [-0.25, -0.2) is 18.2 Å². The first kappa shape index (κ1) is 25.8. The summed E-state index contributed by atoms with van der Waals surface area (Å²) in [4.78, 5) is 30.1. The third-order valence-corrected chi connectivity index (χ3v) is 6.45. The molecular formula is C25H24F3N3O4S. The number of fused-ring (bicyclic) bond motifs is 1. The summed E-state index contributed by atoms with van der Waals surface area (Å²) >= 11 is 1.12. The normalized spacial score (nSPS) is 17.9. The Balaban J connectivity index is 1.46. The fraction of sp³-hybridized carbons (Fsp3) is 0.320. The van der Waals surface area contributed by atoms with Crippen molar-refractivity contribution in [1.82, 2.24) is 10.3 Å². The molecule has 0 aliphatic carbocycles. The van der Waals surface area contributed by atoms with Gasteiger partial charge in [0.2, 0.25) is 0 Å². The molecule has 0 bridgehead atoms. The number of rotatable bonds is 8. The van der Waals surface area contributed by atoms with Gasteiger partial charge in [0.1, 0.15) is 6.04 Å². The lowest BCUT2D eigenvalue weighted by Crippen LogP contribution is -2.46. The van der Waals surface area contributed by atoms with E-state index in [2.05, 4.69) is 15.6 Å². The number of aromatic nitrogens is 1. The summed E-state index contributed by atoms with van der Waals surface area (Å²) in [7, 11) is 1.39. The summed E-state index contributed by atoms with van der Waals surface area (Å²) in [6.45, 7) is 1.42. The van der Waals surface area contributed by atoms with Crippen LogP contribution in [0.25, 0.3) is 11.3 Å². The number of halogens is 3. The molecule has 0 unspecified atom stereocenters. The molecule has 2 amide bonds. The summed E-state index contributed by atoms with van der Waals surface area (Å²) in [5, 5.41) is 7.10. The Morgan fingerprint density at radius 2 is 2.06 bits per heavy atom. The number of methoxy groups -OCH3 is 1. The average Bonchev–Trinajstić information content (AvgIpc) is 3.32. The van der Waals surface area contributed by atoms with Gasteiger partial charge in [-0.3, -0.25) is 9.59 Å². The summed E-state index contributed by atoms with van der Waals surface area (Å²) in [6.07, 6.45) is -2.61. The van der Waals surface area contributed by atoms with Crippen LogP contribution in [0.3, 0.4) is 0 Å². The number of carbonyl (C=O) groups excluding carboxylic acids is 2. The number of alkyl halides is 3. The zero-order valence-electron chi connectivity index (χ0n) is 19.5. The first-order valence-electron chi connectivity index (χ1n) is 11.0. The van der Waals surface area contributed by atoms with E-state index in [4.69, 9.17) is 9.47 Å². The minimum atomic E-state index is -2.61.